The molecule has 0 radical (unpaired) electrons. The monoisotopic (exact) mass is 328 g/mol. The number of carbonyl (C=O) groups excluding carboxylic acids is 4. The van der Waals surface area contributed by atoms with Crippen LogP contribution in [0, 0.1) is 5.41 Å². The van der Waals surface area contributed by atoms with Gasteiger partial charge in [0.1, 0.15) is 6.04 Å². The van der Waals surface area contributed by atoms with Crippen LogP contribution in [0.2, 0.25) is 0 Å². The van der Waals surface area contributed by atoms with Gasteiger partial charge in [0.2, 0.25) is 11.8 Å². The van der Waals surface area contributed by atoms with Crippen LogP contribution in [-0.2, 0) is 9.59 Å². The fourth-order valence-electron chi connectivity index (χ4n) is 3.78. The predicted octanol–water partition coefficient (Wildman–Crippen LogP) is 1.89. The highest BCUT2D eigenvalue weighted by molar-refractivity contribution is 6.23. The van der Waals surface area contributed by atoms with Gasteiger partial charge in [-0.05, 0) is 30.4 Å². The number of nitrogens with zero attached hydrogens (tertiary/aromatic N) is 1. The molecule has 4 amide bonds. The first-order valence-corrected chi connectivity index (χ1v) is 8.17. The minimum Gasteiger partial charge on any atom is -0.295 e. The lowest BCUT2D eigenvalue weighted by molar-refractivity contribution is -0.131. The van der Waals surface area contributed by atoms with E-state index in [4.69, 9.17) is 0 Å². The van der Waals surface area contributed by atoms with Gasteiger partial charge in [-0.1, -0.05) is 32.4 Å². The molecule has 2 aliphatic heterocycles. The number of fused-ring (bicyclic) bond motifs is 1. The molecule has 126 valence electrons. The van der Waals surface area contributed by atoms with Crippen LogP contribution in [0.5, 0.6) is 0 Å². The number of rotatable bonds is 3. The van der Waals surface area contributed by atoms with Gasteiger partial charge in [-0.25, -0.2) is 0 Å². The van der Waals surface area contributed by atoms with Crippen molar-refractivity contribution < 1.29 is 19.2 Å². The van der Waals surface area contributed by atoms with Crippen molar-refractivity contribution in [3.63, 3.8) is 0 Å². The van der Waals surface area contributed by atoms with E-state index in [1.807, 2.05) is 13.8 Å². The largest absolute Gasteiger partial charge is 0.295 e. The standard InChI is InChI=1S/C18H20N2O4/c1-3-8-18(2)9-13(15(22)19-14(21)10-18)20-16(23)11-6-4-5-7-12(11)17(20)24/h4-7,13H,3,8-10H2,1-2H3,(H,19,21,22). The van der Waals surface area contributed by atoms with E-state index in [0.29, 0.717) is 17.5 Å². The third-order valence-corrected chi connectivity index (χ3v) is 4.83. The van der Waals surface area contributed by atoms with E-state index in [9.17, 15) is 19.2 Å². The molecule has 1 aromatic rings. The van der Waals surface area contributed by atoms with Gasteiger partial charge in [-0.2, -0.15) is 0 Å². The molecule has 1 aromatic carbocycles. The SMILES string of the molecule is CCCC1(C)CC(=O)NC(=O)C(N2C(=O)c3ccccc3C2=O)C1. The topological polar surface area (TPSA) is 83.6 Å². The molecule has 0 aliphatic carbocycles. The van der Waals surface area contributed by atoms with Crippen LogP contribution in [0.3, 0.4) is 0 Å². The normalized spacial score (nSPS) is 27.1. The maximum absolute atomic E-state index is 12.7. The molecule has 0 aromatic heterocycles. The summed E-state index contributed by atoms with van der Waals surface area (Å²) in [4.78, 5) is 50.8. The molecule has 1 N–H and O–H groups in total. The maximum Gasteiger partial charge on any atom is 0.262 e. The highest BCUT2D eigenvalue weighted by Gasteiger charge is 2.47. The molecule has 0 bridgehead atoms. The highest BCUT2D eigenvalue weighted by atomic mass is 16.2. The molecule has 0 saturated carbocycles. The lowest BCUT2D eigenvalue weighted by atomic mass is 9.77. The number of imide groups is 2. The van der Waals surface area contributed by atoms with E-state index in [-0.39, 0.29) is 12.3 Å². The van der Waals surface area contributed by atoms with Gasteiger partial charge in [0.25, 0.3) is 11.8 Å². The van der Waals surface area contributed by atoms with Crippen LogP contribution in [0.25, 0.3) is 0 Å². The van der Waals surface area contributed by atoms with Crippen LogP contribution in [0.1, 0.15) is 60.2 Å². The molecule has 0 spiro atoms. The van der Waals surface area contributed by atoms with Crippen molar-refractivity contribution in [2.75, 3.05) is 0 Å². The summed E-state index contributed by atoms with van der Waals surface area (Å²) in [6.45, 7) is 3.94. The van der Waals surface area contributed by atoms with Crippen molar-refractivity contribution in [1.82, 2.24) is 10.2 Å². The van der Waals surface area contributed by atoms with Gasteiger partial charge in [0, 0.05) is 6.42 Å². The Morgan fingerprint density at radius 3 is 2.25 bits per heavy atom. The van der Waals surface area contributed by atoms with E-state index >= 15 is 0 Å². The number of hydrogen-bond acceptors (Lipinski definition) is 4. The van der Waals surface area contributed by atoms with Gasteiger partial charge in [0.05, 0.1) is 11.1 Å². The zero-order valence-corrected chi connectivity index (χ0v) is 13.8. The fourth-order valence-corrected chi connectivity index (χ4v) is 3.78. The highest BCUT2D eigenvalue weighted by Crippen LogP contribution is 2.38. The summed E-state index contributed by atoms with van der Waals surface area (Å²) in [7, 11) is 0. The Balaban J connectivity index is 1.98. The van der Waals surface area contributed by atoms with E-state index in [1.165, 1.54) is 0 Å². The number of nitrogens with one attached hydrogen (secondary N) is 1. The number of amides is 4. The number of hydrogen-bond donors (Lipinski definition) is 1. The van der Waals surface area contributed by atoms with Gasteiger partial charge in [-0.15, -0.1) is 0 Å². The van der Waals surface area contributed by atoms with E-state index < -0.39 is 29.2 Å². The van der Waals surface area contributed by atoms with Gasteiger partial charge in [0.15, 0.2) is 0 Å². The third kappa shape index (κ3) is 2.62. The summed E-state index contributed by atoms with van der Waals surface area (Å²) in [5, 5.41) is 2.33. The van der Waals surface area contributed by atoms with Crippen molar-refractivity contribution in [2.24, 2.45) is 5.41 Å². The first-order chi connectivity index (χ1) is 11.4. The number of carbonyl (C=O) groups is 4. The molecule has 2 aliphatic rings. The summed E-state index contributed by atoms with van der Waals surface area (Å²) >= 11 is 0. The molecule has 2 unspecified atom stereocenters. The zero-order chi connectivity index (χ0) is 17.5. The Morgan fingerprint density at radius 2 is 1.71 bits per heavy atom. The average Bonchev–Trinajstić information content (AvgIpc) is 2.70. The Bertz CT molecular complexity index is 707. The number of benzene rings is 1. The van der Waals surface area contributed by atoms with Crippen LogP contribution < -0.4 is 5.32 Å². The van der Waals surface area contributed by atoms with Crippen LogP contribution in [0.4, 0.5) is 0 Å². The second kappa shape index (κ2) is 5.85. The van der Waals surface area contributed by atoms with E-state index in [0.717, 1.165) is 17.7 Å². The van der Waals surface area contributed by atoms with Crippen LogP contribution >= 0.6 is 0 Å². The van der Waals surface area contributed by atoms with Crippen molar-refractivity contribution in [2.45, 2.75) is 45.6 Å². The minimum absolute atomic E-state index is 0.215. The summed E-state index contributed by atoms with van der Waals surface area (Å²) in [6.07, 6.45) is 2.11. The quantitative estimate of drug-likeness (QED) is 0.859. The second-order valence-corrected chi connectivity index (χ2v) is 6.90. The second-order valence-electron chi connectivity index (χ2n) is 6.90. The Labute approximate surface area is 140 Å². The van der Waals surface area contributed by atoms with Crippen molar-refractivity contribution in [3.05, 3.63) is 35.4 Å². The van der Waals surface area contributed by atoms with Gasteiger partial charge < -0.3 is 0 Å². The van der Waals surface area contributed by atoms with Gasteiger partial charge >= 0.3 is 0 Å². The molecule has 2 heterocycles. The van der Waals surface area contributed by atoms with Gasteiger partial charge in [-0.3, -0.25) is 29.4 Å². The smallest absolute Gasteiger partial charge is 0.262 e. The van der Waals surface area contributed by atoms with Crippen molar-refractivity contribution >= 4 is 23.6 Å². The summed E-state index contributed by atoms with van der Waals surface area (Å²) in [6, 6.07) is 5.58. The zero-order valence-electron chi connectivity index (χ0n) is 13.8. The van der Waals surface area contributed by atoms with Crippen LogP contribution in [0.15, 0.2) is 24.3 Å². The molecule has 1 fully saturated rings. The fraction of sp³-hybridized carbons (Fsp3) is 0.444. The summed E-state index contributed by atoms with van der Waals surface area (Å²) in [5.74, 6) is -1.86. The molecule has 6 heteroatoms. The molecule has 6 nitrogen and oxygen atoms in total. The Hall–Kier alpha value is -2.50. The minimum atomic E-state index is -0.958. The summed E-state index contributed by atoms with van der Waals surface area (Å²) in [5.41, 5.74) is 0.191. The van der Waals surface area contributed by atoms with Crippen molar-refractivity contribution in [1.29, 1.82) is 0 Å². The molecule has 3 rings (SSSR count). The lowest BCUT2D eigenvalue weighted by Gasteiger charge is -2.32. The molecular weight excluding hydrogens is 308 g/mol. The first-order valence-electron chi connectivity index (χ1n) is 8.17. The predicted molar refractivity (Wildman–Crippen MR) is 86.1 cm³/mol. The van der Waals surface area contributed by atoms with E-state index in [1.54, 1.807) is 24.3 Å². The lowest BCUT2D eigenvalue weighted by Crippen LogP contribution is -2.50. The Morgan fingerprint density at radius 1 is 1.12 bits per heavy atom. The van der Waals surface area contributed by atoms with Crippen molar-refractivity contribution in [3.8, 4) is 0 Å². The van der Waals surface area contributed by atoms with Crippen LogP contribution in [-0.4, -0.2) is 34.6 Å². The molecule has 2 atom stereocenters. The third-order valence-electron chi connectivity index (χ3n) is 4.83. The average molecular weight is 328 g/mol. The maximum atomic E-state index is 12.7. The molecular formula is C18H20N2O4. The Kier molecular flexibility index (Phi) is 3.99. The first kappa shape index (κ1) is 16.4. The molecule has 1 saturated heterocycles. The summed E-state index contributed by atoms with van der Waals surface area (Å²) < 4.78 is 0. The van der Waals surface area contributed by atoms with E-state index in [2.05, 4.69) is 5.32 Å². The molecule has 24 heavy (non-hydrogen) atoms.